The van der Waals surface area contributed by atoms with Crippen LogP contribution < -0.4 is 10.3 Å². The van der Waals surface area contributed by atoms with Crippen molar-refractivity contribution in [3.8, 4) is 11.4 Å². The molecule has 0 N–H and O–H groups in total. The van der Waals surface area contributed by atoms with E-state index in [1.165, 1.54) is 0 Å². The van der Waals surface area contributed by atoms with Crippen LogP contribution in [-0.2, 0) is 6.42 Å². The maximum Gasteiger partial charge on any atom is 0.300 e. The summed E-state index contributed by atoms with van der Waals surface area (Å²) in [6.45, 7) is 4.53. The summed E-state index contributed by atoms with van der Waals surface area (Å²) in [6, 6.07) is 7.38. The molecule has 3 aromatic rings. The van der Waals surface area contributed by atoms with E-state index in [-0.39, 0.29) is 5.56 Å². The van der Waals surface area contributed by atoms with E-state index in [1.54, 1.807) is 15.2 Å². The molecule has 0 atom stereocenters. The normalized spacial score (nSPS) is 11.0. The highest BCUT2D eigenvalue weighted by Gasteiger charge is 2.10. The topological polar surface area (TPSA) is 61.4 Å². The van der Waals surface area contributed by atoms with Gasteiger partial charge in [0, 0.05) is 24.5 Å². The van der Waals surface area contributed by atoms with Crippen molar-refractivity contribution in [3.63, 3.8) is 0 Å². The number of aromatic nitrogens is 4. The SMILES string of the molecule is CCOc1ccc(-n2ccn3c(CC)nnc3c2=O)cc1. The molecule has 0 aliphatic rings. The van der Waals surface area contributed by atoms with E-state index < -0.39 is 0 Å². The Balaban J connectivity index is 2.08. The van der Waals surface area contributed by atoms with E-state index in [2.05, 4.69) is 10.2 Å². The van der Waals surface area contributed by atoms with Crippen LogP contribution in [0.3, 0.4) is 0 Å². The molecule has 3 rings (SSSR count). The number of fused-ring (bicyclic) bond motifs is 1. The summed E-state index contributed by atoms with van der Waals surface area (Å²) in [5.41, 5.74) is 0.920. The van der Waals surface area contributed by atoms with Crippen molar-refractivity contribution in [2.75, 3.05) is 6.61 Å². The highest BCUT2D eigenvalue weighted by atomic mass is 16.5. The van der Waals surface area contributed by atoms with Crippen molar-refractivity contribution in [1.82, 2.24) is 19.2 Å². The molecule has 2 heterocycles. The first kappa shape index (κ1) is 13.4. The molecular weight excluding hydrogens is 268 g/mol. The van der Waals surface area contributed by atoms with Gasteiger partial charge in [0.2, 0.25) is 5.65 Å². The number of ether oxygens (including phenoxy) is 1. The minimum Gasteiger partial charge on any atom is -0.494 e. The maximum absolute atomic E-state index is 12.5. The maximum atomic E-state index is 12.5. The predicted molar refractivity (Wildman–Crippen MR) is 79.1 cm³/mol. The summed E-state index contributed by atoms with van der Waals surface area (Å²) < 4.78 is 8.69. The minimum absolute atomic E-state index is 0.186. The Bertz CT molecular complexity index is 818. The summed E-state index contributed by atoms with van der Waals surface area (Å²) in [5, 5.41) is 8.00. The van der Waals surface area contributed by atoms with Crippen molar-refractivity contribution in [2.24, 2.45) is 0 Å². The highest BCUT2D eigenvalue weighted by molar-refractivity contribution is 5.42. The number of benzene rings is 1. The second-order valence-corrected chi connectivity index (χ2v) is 4.56. The zero-order chi connectivity index (χ0) is 14.8. The van der Waals surface area contributed by atoms with Crippen LogP contribution in [0.15, 0.2) is 41.5 Å². The number of hydrogen-bond acceptors (Lipinski definition) is 4. The molecule has 0 aliphatic carbocycles. The van der Waals surface area contributed by atoms with Crippen LogP contribution >= 0.6 is 0 Å². The van der Waals surface area contributed by atoms with Gasteiger partial charge in [-0.3, -0.25) is 13.8 Å². The van der Waals surface area contributed by atoms with E-state index in [4.69, 9.17) is 4.74 Å². The van der Waals surface area contributed by atoms with Gasteiger partial charge in [-0.05, 0) is 31.2 Å². The van der Waals surface area contributed by atoms with Gasteiger partial charge in [-0.25, -0.2) is 0 Å². The number of aryl methyl sites for hydroxylation is 1. The van der Waals surface area contributed by atoms with Gasteiger partial charge < -0.3 is 4.74 Å². The molecule has 0 bridgehead atoms. The monoisotopic (exact) mass is 284 g/mol. The Morgan fingerprint density at radius 2 is 1.86 bits per heavy atom. The number of rotatable bonds is 4. The Labute approximate surface area is 121 Å². The Kier molecular flexibility index (Phi) is 3.43. The van der Waals surface area contributed by atoms with E-state index in [0.29, 0.717) is 12.3 Å². The van der Waals surface area contributed by atoms with Crippen LogP contribution in [-0.4, -0.2) is 25.8 Å². The van der Waals surface area contributed by atoms with Gasteiger partial charge in [-0.1, -0.05) is 6.92 Å². The molecule has 6 nitrogen and oxygen atoms in total. The van der Waals surface area contributed by atoms with E-state index >= 15 is 0 Å². The lowest BCUT2D eigenvalue weighted by Crippen LogP contribution is -2.20. The summed E-state index contributed by atoms with van der Waals surface area (Å²) in [7, 11) is 0. The van der Waals surface area contributed by atoms with E-state index in [9.17, 15) is 4.79 Å². The molecule has 0 aliphatic heterocycles. The molecular formula is C15H16N4O2. The molecule has 6 heteroatoms. The smallest absolute Gasteiger partial charge is 0.300 e. The number of hydrogen-bond donors (Lipinski definition) is 0. The summed E-state index contributed by atoms with van der Waals surface area (Å²) in [5.74, 6) is 1.56. The standard InChI is InChI=1S/C15H16N4O2/c1-3-13-16-17-14-15(20)18(9-10-19(13)14)11-5-7-12(8-6-11)21-4-2/h5-10H,3-4H2,1-2H3. The van der Waals surface area contributed by atoms with Crippen molar-refractivity contribution >= 4 is 5.65 Å². The van der Waals surface area contributed by atoms with Gasteiger partial charge in [-0.15, -0.1) is 10.2 Å². The fourth-order valence-corrected chi connectivity index (χ4v) is 2.25. The average Bonchev–Trinajstić information content (AvgIpc) is 2.93. The van der Waals surface area contributed by atoms with Gasteiger partial charge in [0.15, 0.2) is 0 Å². The molecule has 21 heavy (non-hydrogen) atoms. The van der Waals surface area contributed by atoms with Crippen LogP contribution in [0.5, 0.6) is 5.75 Å². The zero-order valence-electron chi connectivity index (χ0n) is 12.0. The second-order valence-electron chi connectivity index (χ2n) is 4.56. The molecule has 0 fully saturated rings. The lowest BCUT2D eigenvalue weighted by atomic mass is 10.3. The van der Waals surface area contributed by atoms with Gasteiger partial charge in [0.25, 0.3) is 0 Å². The quantitative estimate of drug-likeness (QED) is 0.733. The second kappa shape index (κ2) is 5.40. The van der Waals surface area contributed by atoms with E-state index in [0.717, 1.165) is 23.7 Å². The van der Waals surface area contributed by atoms with Crippen molar-refractivity contribution in [2.45, 2.75) is 20.3 Å². The third-order valence-corrected chi connectivity index (χ3v) is 3.28. The Hall–Kier alpha value is -2.63. The minimum atomic E-state index is -0.186. The fourth-order valence-electron chi connectivity index (χ4n) is 2.25. The van der Waals surface area contributed by atoms with Gasteiger partial charge in [-0.2, -0.15) is 0 Å². The highest BCUT2D eigenvalue weighted by Crippen LogP contribution is 2.14. The predicted octanol–water partition coefficient (Wildman–Crippen LogP) is 1.84. The van der Waals surface area contributed by atoms with Crippen molar-refractivity contribution < 1.29 is 4.74 Å². The first-order chi connectivity index (χ1) is 10.2. The molecule has 0 radical (unpaired) electrons. The third kappa shape index (κ3) is 2.29. The lowest BCUT2D eigenvalue weighted by Gasteiger charge is -2.08. The summed E-state index contributed by atoms with van der Waals surface area (Å²) >= 11 is 0. The first-order valence-corrected chi connectivity index (χ1v) is 6.93. The van der Waals surface area contributed by atoms with Gasteiger partial charge in [0.1, 0.15) is 11.6 Å². The molecule has 0 saturated carbocycles. The first-order valence-electron chi connectivity index (χ1n) is 6.93. The number of nitrogens with zero attached hydrogens (tertiary/aromatic N) is 4. The largest absolute Gasteiger partial charge is 0.494 e. The molecule has 0 spiro atoms. The van der Waals surface area contributed by atoms with Crippen LogP contribution in [0.25, 0.3) is 11.3 Å². The third-order valence-electron chi connectivity index (χ3n) is 3.28. The molecule has 0 amide bonds. The van der Waals surface area contributed by atoms with Gasteiger partial charge >= 0.3 is 5.56 Å². The molecule has 0 unspecified atom stereocenters. The summed E-state index contributed by atoms with van der Waals surface area (Å²) in [6.07, 6.45) is 4.27. The lowest BCUT2D eigenvalue weighted by molar-refractivity contribution is 0.340. The van der Waals surface area contributed by atoms with Crippen molar-refractivity contribution in [3.05, 3.63) is 52.8 Å². The Morgan fingerprint density at radius 3 is 2.52 bits per heavy atom. The molecule has 108 valence electrons. The Morgan fingerprint density at radius 1 is 1.10 bits per heavy atom. The average molecular weight is 284 g/mol. The van der Waals surface area contributed by atoms with E-state index in [1.807, 2.05) is 44.3 Å². The van der Waals surface area contributed by atoms with Crippen LogP contribution in [0, 0.1) is 0 Å². The van der Waals surface area contributed by atoms with Crippen molar-refractivity contribution in [1.29, 1.82) is 0 Å². The van der Waals surface area contributed by atoms with Crippen LogP contribution in [0.4, 0.5) is 0 Å². The fraction of sp³-hybridized carbons (Fsp3) is 0.267. The van der Waals surface area contributed by atoms with Gasteiger partial charge in [0.05, 0.1) is 6.61 Å². The zero-order valence-corrected chi connectivity index (χ0v) is 12.0. The molecule has 2 aromatic heterocycles. The molecule has 1 aromatic carbocycles. The molecule has 0 saturated heterocycles. The van der Waals surface area contributed by atoms with Crippen LogP contribution in [0.1, 0.15) is 19.7 Å². The summed E-state index contributed by atoms with van der Waals surface area (Å²) in [4.78, 5) is 12.5. The van der Waals surface area contributed by atoms with Crippen LogP contribution in [0.2, 0.25) is 0 Å².